The van der Waals surface area contributed by atoms with Crippen molar-refractivity contribution in [1.29, 1.82) is 0 Å². The van der Waals surface area contributed by atoms with Crippen molar-refractivity contribution >= 4 is 51.7 Å². The number of alkyl halides is 3. The van der Waals surface area contributed by atoms with E-state index in [-0.39, 0.29) is 32.1 Å². The summed E-state index contributed by atoms with van der Waals surface area (Å²) >= 11 is 17.2. The molecule has 0 aromatic heterocycles. The summed E-state index contributed by atoms with van der Waals surface area (Å²) in [6.45, 7) is 0. The molecule has 2 aromatic rings. The van der Waals surface area contributed by atoms with E-state index < -0.39 is 17.7 Å². The molecule has 0 amide bonds. The van der Waals surface area contributed by atoms with Crippen LogP contribution < -0.4 is 9.84 Å². The molecule has 0 bridgehead atoms. The van der Waals surface area contributed by atoms with Gasteiger partial charge in [-0.25, -0.2) is 0 Å². The predicted octanol–water partition coefficient (Wildman–Crippen LogP) is 5.32. The van der Waals surface area contributed by atoms with Crippen LogP contribution in [0.4, 0.5) is 13.2 Å². The fourth-order valence-electron chi connectivity index (χ4n) is 1.66. The van der Waals surface area contributed by atoms with E-state index in [4.69, 9.17) is 39.5 Å². The van der Waals surface area contributed by atoms with E-state index in [1.807, 2.05) is 0 Å². The molecule has 0 atom stereocenters. The van der Waals surface area contributed by atoms with Crippen molar-refractivity contribution < 1.29 is 27.8 Å². The Morgan fingerprint density at radius 3 is 1.89 bits per heavy atom. The fourth-order valence-corrected chi connectivity index (χ4v) is 2.42. The van der Waals surface area contributed by atoms with Crippen LogP contribution in [0.25, 0.3) is 0 Å². The van der Waals surface area contributed by atoms with E-state index in [0.29, 0.717) is 23.0 Å². The van der Waals surface area contributed by atoms with Crippen LogP contribution in [-0.4, -0.2) is 24.7 Å². The van der Waals surface area contributed by atoms with E-state index in [2.05, 4.69) is 18.8 Å². The first kappa shape index (κ1) is 23.8. The van der Waals surface area contributed by atoms with Crippen molar-refractivity contribution in [2.24, 2.45) is 0 Å². The van der Waals surface area contributed by atoms with Gasteiger partial charge >= 0.3 is 6.18 Å². The lowest BCUT2D eigenvalue weighted by atomic mass is 10.2. The molecule has 148 valence electrons. The van der Waals surface area contributed by atoms with Crippen LogP contribution in [0.3, 0.4) is 0 Å². The Labute approximate surface area is 172 Å². The molecular formula is C17H14Cl3F3O3S. The minimum absolute atomic E-state index is 0.0304. The molecule has 0 N–H and O–H groups in total. The summed E-state index contributed by atoms with van der Waals surface area (Å²) in [4.78, 5) is 10.9. The normalized spacial score (nSPS) is 11.0. The Bertz CT molecular complexity index is 801. The highest BCUT2D eigenvalue weighted by molar-refractivity contribution is 7.94. The van der Waals surface area contributed by atoms with Gasteiger partial charge in [0.05, 0.1) is 40.3 Å². The SMILES string of the molecule is C[S+](C)C.O=C([O-])c1cc(Oc2c(Cl)cc(C(F)(F)F)cc2Cl)ccc1Cl. The molecule has 2 rings (SSSR count). The number of rotatable bonds is 3. The maximum atomic E-state index is 12.6. The van der Waals surface area contributed by atoms with Gasteiger partial charge in [0.25, 0.3) is 0 Å². The molecule has 0 fully saturated rings. The molecule has 10 heteroatoms. The van der Waals surface area contributed by atoms with E-state index in [0.717, 1.165) is 6.07 Å². The summed E-state index contributed by atoms with van der Waals surface area (Å²) in [5.74, 6) is -1.81. The van der Waals surface area contributed by atoms with Gasteiger partial charge in [-0.2, -0.15) is 13.2 Å². The van der Waals surface area contributed by atoms with Crippen molar-refractivity contribution in [2.75, 3.05) is 18.8 Å². The Kier molecular flexibility index (Phi) is 8.60. The van der Waals surface area contributed by atoms with Crippen molar-refractivity contribution in [3.8, 4) is 11.5 Å². The van der Waals surface area contributed by atoms with Gasteiger partial charge in [-0.05, 0) is 41.2 Å². The van der Waals surface area contributed by atoms with Crippen LogP contribution >= 0.6 is 34.8 Å². The van der Waals surface area contributed by atoms with Crippen molar-refractivity contribution in [2.45, 2.75) is 6.18 Å². The van der Waals surface area contributed by atoms with Crippen LogP contribution in [0.2, 0.25) is 15.1 Å². The zero-order chi connectivity index (χ0) is 20.9. The Morgan fingerprint density at radius 2 is 1.48 bits per heavy atom. The molecule has 3 nitrogen and oxygen atoms in total. The van der Waals surface area contributed by atoms with Gasteiger partial charge in [0.2, 0.25) is 0 Å². The number of benzene rings is 2. The minimum atomic E-state index is -4.62. The number of hydrogen-bond donors (Lipinski definition) is 0. The van der Waals surface area contributed by atoms with Crippen molar-refractivity contribution in [1.82, 2.24) is 0 Å². The highest BCUT2D eigenvalue weighted by Gasteiger charge is 2.32. The highest BCUT2D eigenvalue weighted by atomic mass is 35.5. The average Bonchev–Trinajstić information content (AvgIpc) is 2.50. The minimum Gasteiger partial charge on any atom is -0.545 e. The smallest absolute Gasteiger partial charge is 0.416 e. The van der Waals surface area contributed by atoms with Gasteiger partial charge in [-0.1, -0.05) is 34.8 Å². The molecule has 0 heterocycles. The summed E-state index contributed by atoms with van der Waals surface area (Å²) in [5.41, 5.74) is -1.38. The lowest BCUT2D eigenvalue weighted by Crippen LogP contribution is -2.22. The molecule has 0 aliphatic rings. The number of ether oxygens (including phenoxy) is 1. The van der Waals surface area contributed by atoms with Gasteiger partial charge in [0, 0.05) is 10.6 Å². The topological polar surface area (TPSA) is 49.4 Å². The number of carboxylic acids is 1. The number of halogens is 6. The van der Waals surface area contributed by atoms with Gasteiger partial charge in [-0.3, -0.25) is 0 Å². The quantitative estimate of drug-likeness (QED) is 0.582. The molecule has 0 spiro atoms. The average molecular weight is 462 g/mol. The molecule has 27 heavy (non-hydrogen) atoms. The third-order valence-corrected chi connectivity index (χ3v) is 3.59. The number of carbonyl (C=O) groups is 1. The Morgan fingerprint density at radius 1 is 1.00 bits per heavy atom. The van der Waals surface area contributed by atoms with Gasteiger partial charge in [-0.15, -0.1) is 0 Å². The van der Waals surface area contributed by atoms with Crippen LogP contribution in [0.15, 0.2) is 30.3 Å². The second-order valence-electron chi connectivity index (χ2n) is 5.52. The first-order valence-corrected chi connectivity index (χ1v) is 10.7. The number of carboxylic acid groups (broad SMARTS) is 1. The third-order valence-electron chi connectivity index (χ3n) is 2.70. The molecule has 2 aromatic carbocycles. The van der Waals surface area contributed by atoms with Gasteiger partial charge < -0.3 is 14.6 Å². The van der Waals surface area contributed by atoms with E-state index in [9.17, 15) is 23.1 Å². The molecule has 0 aliphatic heterocycles. The monoisotopic (exact) mass is 460 g/mol. The summed E-state index contributed by atoms with van der Waals surface area (Å²) in [7, 11) is 0.639. The molecule has 0 saturated carbocycles. The Balaban J connectivity index is 0.000000828. The largest absolute Gasteiger partial charge is 0.545 e. The summed E-state index contributed by atoms with van der Waals surface area (Å²) < 4.78 is 43.2. The lowest BCUT2D eigenvalue weighted by molar-refractivity contribution is -0.255. The standard InChI is InChI=1S/C14H6Cl3F3O3.C3H9S/c15-9-2-1-7(5-8(9)13(21)22)23-12-10(16)3-6(4-11(12)17)14(18,19)20;1-4(2)3/h1-5H,(H,21,22);1-3H3/q;+1/p-1. The second-order valence-corrected chi connectivity index (χ2v) is 9.19. The van der Waals surface area contributed by atoms with Gasteiger partial charge in [0.15, 0.2) is 5.75 Å². The predicted molar refractivity (Wildman–Crippen MR) is 102 cm³/mol. The summed E-state index contributed by atoms with van der Waals surface area (Å²) in [6, 6.07) is 4.88. The number of aromatic carboxylic acids is 1. The lowest BCUT2D eigenvalue weighted by Gasteiger charge is -2.14. The molecule has 0 aliphatic carbocycles. The van der Waals surface area contributed by atoms with E-state index in [1.165, 1.54) is 12.1 Å². The zero-order valence-electron chi connectivity index (χ0n) is 14.3. The Hall–Kier alpha value is -1.28. The van der Waals surface area contributed by atoms with E-state index >= 15 is 0 Å². The second kappa shape index (κ2) is 9.78. The van der Waals surface area contributed by atoms with Crippen molar-refractivity contribution in [3.63, 3.8) is 0 Å². The molecular weight excluding hydrogens is 448 g/mol. The molecule has 0 radical (unpaired) electrons. The maximum Gasteiger partial charge on any atom is 0.416 e. The van der Waals surface area contributed by atoms with Crippen LogP contribution in [0.1, 0.15) is 15.9 Å². The van der Waals surface area contributed by atoms with Crippen molar-refractivity contribution in [3.05, 3.63) is 56.5 Å². The number of hydrogen-bond acceptors (Lipinski definition) is 3. The first-order valence-electron chi connectivity index (χ1n) is 7.07. The first-order chi connectivity index (χ1) is 12.3. The van der Waals surface area contributed by atoms with E-state index in [1.54, 1.807) is 0 Å². The molecule has 0 unspecified atom stereocenters. The zero-order valence-corrected chi connectivity index (χ0v) is 17.4. The highest BCUT2D eigenvalue weighted by Crippen LogP contribution is 2.41. The fraction of sp³-hybridized carbons (Fsp3) is 0.235. The number of carbonyl (C=O) groups excluding carboxylic acids is 1. The molecule has 0 saturated heterocycles. The third kappa shape index (κ3) is 7.33. The maximum absolute atomic E-state index is 12.6. The van der Waals surface area contributed by atoms with Crippen LogP contribution in [-0.2, 0) is 17.1 Å². The summed E-state index contributed by atoms with van der Waals surface area (Å²) in [6.07, 6.45) is 1.97. The van der Waals surface area contributed by atoms with Crippen LogP contribution in [0.5, 0.6) is 11.5 Å². The van der Waals surface area contributed by atoms with Gasteiger partial charge in [0.1, 0.15) is 5.75 Å². The summed E-state index contributed by atoms with van der Waals surface area (Å²) in [5, 5.41) is 10.0. The van der Waals surface area contributed by atoms with Crippen LogP contribution in [0, 0.1) is 0 Å².